The zero-order valence-electron chi connectivity index (χ0n) is 10.5. The molecule has 0 aromatic rings. The summed E-state index contributed by atoms with van der Waals surface area (Å²) in [6.45, 7) is 6.55. The molecule has 0 aliphatic heterocycles. The van der Waals surface area contributed by atoms with Crippen LogP contribution in [-0.2, 0) is 14.3 Å². The number of hydrogen-bond acceptors (Lipinski definition) is 5. The van der Waals surface area contributed by atoms with Gasteiger partial charge in [-0.05, 0) is 27.7 Å². The minimum atomic E-state index is -0.408. The fourth-order valence-corrected chi connectivity index (χ4v) is 0.649. The molecular weight excluding hydrogens is 224 g/mol. The van der Waals surface area contributed by atoms with E-state index in [-0.39, 0.29) is 13.2 Å². The van der Waals surface area contributed by atoms with Crippen molar-refractivity contribution in [2.24, 2.45) is 10.2 Å². The largest absolute Gasteiger partial charge is 0.362 e. The van der Waals surface area contributed by atoms with Crippen LogP contribution in [0.25, 0.3) is 0 Å². The van der Waals surface area contributed by atoms with Crippen LogP contribution in [0.5, 0.6) is 0 Å². The van der Waals surface area contributed by atoms with E-state index in [0.717, 1.165) is 11.4 Å². The second-order valence-corrected chi connectivity index (χ2v) is 3.68. The third-order valence-corrected chi connectivity index (χ3v) is 1.27. The summed E-state index contributed by atoms with van der Waals surface area (Å²) in [7, 11) is 0. The minimum Gasteiger partial charge on any atom is -0.362 e. The standard InChI is InChI=1S/C10H18N4O3/c1-7(2)11-13-9(15)5-17-6-10(16)14-12-8(3)4/h5-6H2,1-4H3,(H,13,15)(H,14,16). The molecule has 96 valence electrons. The Hall–Kier alpha value is -1.76. The zero-order chi connectivity index (χ0) is 13.3. The predicted octanol–water partition coefficient (Wildman–Crippen LogP) is 0.0270. The van der Waals surface area contributed by atoms with Crippen molar-refractivity contribution in [2.75, 3.05) is 13.2 Å². The molecule has 2 amide bonds. The van der Waals surface area contributed by atoms with Gasteiger partial charge in [-0.1, -0.05) is 0 Å². The van der Waals surface area contributed by atoms with Crippen LogP contribution in [0, 0.1) is 0 Å². The quantitative estimate of drug-likeness (QED) is 0.508. The van der Waals surface area contributed by atoms with Gasteiger partial charge in [-0.15, -0.1) is 0 Å². The summed E-state index contributed by atoms with van der Waals surface area (Å²) < 4.78 is 4.86. The van der Waals surface area contributed by atoms with Crippen LogP contribution in [0.2, 0.25) is 0 Å². The molecular formula is C10H18N4O3. The molecule has 0 spiro atoms. The molecule has 0 radical (unpaired) electrons. The van der Waals surface area contributed by atoms with Gasteiger partial charge in [-0.2, -0.15) is 10.2 Å². The van der Waals surface area contributed by atoms with Crippen molar-refractivity contribution in [1.29, 1.82) is 0 Å². The number of nitrogens with one attached hydrogen (secondary N) is 2. The monoisotopic (exact) mass is 242 g/mol. The maximum Gasteiger partial charge on any atom is 0.266 e. The molecule has 0 fully saturated rings. The van der Waals surface area contributed by atoms with Gasteiger partial charge in [0, 0.05) is 11.4 Å². The Morgan fingerprint density at radius 3 is 1.53 bits per heavy atom. The number of carbonyl (C=O) groups excluding carboxylic acids is 2. The van der Waals surface area contributed by atoms with Crippen LogP contribution in [0.3, 0.4) is 0 Å². The summed E-state index contributed by atoms with van der Waals surface area (Å²) in [4.78, 5) is 22.2. The van der Waals surface area contributed by atoms with Crippen molar-refractivity contribution in [1.82, 2.24) is 10.9 Å². The average molecular weight is 242 g/mol. The smallest absolute Gasteiger partial charge is 0.266 e. The van der Waals surface area contributed by atoms with E-state index in [4.69, 9.17) is 4.74 Å². The molecule has 0 saturated heterocycles. The molecule has 0 heterocycles. The van der Waals surface area contributed by atoms with Gasteiger partial charge in [-0.3, -0.25) is 9.59 Å². The summed E-state index contributed by atoms with van der Waals surface area (Å²) >= 11 is 0. The molecule has 0 aromatic heterocycles. The van der Waals surface area contributed by atoms with Crippen molar-refractivity contribution < 1.29 is 14.3 Å². The normalized spacial score (nSPS) is 9.18. The van der Waals surface area contributed by atoms with E-state index in [1.807, 2.05) is 0 Å². The lowest BCUT2D eigenvalue weighted by molar-refractivity contribution is -0.130. The number of ether oxygens (including phenoxy) is 1. The summed E-state index contributed by atoms with van der Waals surface area (Å²) in [6.07, 6.45) is 0. The van der Waals surface area contributed by atoms with Crippen molar-refractivity contribution in [3.8, 4) is 0 Å². The lowest BCUT2D eigenvalue weighted by Crippen LogP contribution is -2.28. The van der Waals surface area contributed by atoms with E-state index in [0.29, 0.717) is 0 Å². The van der Waals surface area contributed by atoms with Gasteiger partial charge in [0.1, 0.15) is 13.2 Å². The molecule has 0 unspecified atom stereocenters. The van der Waals surface area contributed by atoms with Gasteiger partial charge in [0.15, 0.2) is 0 Å². The second kappa shape index (κ2) is 8.40. The maximum atomic E-state index is 11.1. The number of carbonyl (C=O) groups is 2. The van der Waals surface area contributed by atoms with Crippen LogP contribution in [-0.4, -0.2) is 36.5 Å². The van der Waals surface area contributed by atoms with Crippen molar-refractivity contribution in [3.05, 3.63) is 0 Å². The number of hydrogen-bond donors (Lipinski definition) is 2. The topological polar surface area (TPSA) is 92.1 Å². The number of nitrogens with zero attached hydrogens (tertiary/aromatic N) is 2. The Balaban J connectivity index is 3.70. The third kappa shape index (κ3) is 10.5. The second-order valence-electron chi connectivity index (χ2n) is 3.68. The van der Waals surface area contributed by atoms with Crippen LogP contribution in [0.1, 0.15) is 27.7 Å². The number of rotatable bonds is 6. The molecule has 0 bridgehead atoms. The van der Waals surface area contributed by atoms with E-state index < -0.39 is 11.8 Å². The molecule has 0 saturated carbocycles. The zero-order valence-corrected chi connectivity index (χ0v) is 10.5. The van der Waals surface area contributed by atoms with Crippen molar-refractivity contribution in [3.63, 3.8) is 0 Å². The first-order valence-corrected chi connectivity index (χ1v) is 5.09. The molecule has 0 rings (SSSR count). The first-order valence-electron chi connectivity index (χ1n) is 5.09. The van der Waals surface area contributed by atoms with Gasteiger partial charge < -0.3 is 4.74 Å². The van der Waals surface area contributed by atoms with Crippen LogP contribution < -0.4 is 10.9 Å². The Kier molecular flexibility index (Phi) is 7.53. The average Bonchev–Trinajstić information content (AvgIpc) is 2.23. The Morgan fingerprint density at radius 1 is 0.882 bits per heavy atom. The minimum absolute atomic E-state index is 0.223. The van der Waals surface area contributed by atoms with E-state index >= 15 is 0 Å². The summed E-state index contributed by atoms with van der Waals surface area (Å²) in [6, 6.07) is 0. The Morgan fingerprint density at radius 2 is 1.24 bits per heavy atom. The first kappa shape index (κ1) is 15.2. The predicted molar refractivity (Wildman–Crippen MR) is 64.7 cm³/mol. The van der Waals surface area contributed by atoms with Gasteiger partial charge in [0.05, 0.1) is 0 Å². The molecule has 0 aromatic carbocycles. The van der Waals surface area contributed by atoms with Gasteiger partial charge >= 0.3 is 0 Å². The SMILES string of the molecule is CC(C)=NNC(=O)COCC(=O)NN=C(C)C. The molecule has 17 heavy (non-hydrogen) atoms. The first-order chi connectivity index (χ1) is 7.91. The van der Waals surface area contributed by atoms with Gasteiger partial charge in [0.25, 0.3) is 11.8 Å². The summed E-state index contributed by atoms with van der Waals surface area (Å²) in [5.74, 6) is -0.816. The summed E-state index contributed by atoms with van der Waals surface area (Å²) in [5, 5.41) is 7.39. The molecule has 0 aliphatic carbocycles. The van der Waals surface area contributed by atoms with Crippen molar-refractivity contribution in [2.45, 2.75) is 27.7 Å². The fraction of sp³-hybridized carbons (Fsp3) is 0.600. The lowest BCUT2D eigenvalue weighted by Gasteiger charge is -2.02. The maximum absolute atomic E-state index is 11.1. The van der Waals surface area contributed by atoms with Gasteiger partial charge in [-0.25, -0.2) is 10.9 Å². The molecule has 0 atom stereocenters. The Labute approximate surface area is 100 Å². The molecule has 7 nitrogen and oxygen atoms in total. The van der Waals surface area contributed by atoms with Crippen LogP contribution in [0.4, 0.5) is 0 Å². The Bertz CT molecular complexity index is 296. The fourth-order valence-electron chi connectivity index (χ4n) is 0.649. The molecule has 0 aliphatic rings. The van der Waals surface area contributed by atoms with E-state index in [1.165, 1.54) is 0 Å². The number of amides is 2. The highest BCUT2D eigenvalue weighted by atomic mass is 16.5. The van der Waals surface area contributed by atoms with E-state index in [2.05, 4.69) is 21.1 Å². The van der Waals surface area contributed by atoms with Crippen LogP contribution >= 0.6 is 0 Å². The van der Waals surface area contributed by atoms with Crippen molar-refractivity contribution >= 4 is 23.2 Å². The van der Waals surface area contributed by atoms with Gasteiger partial charge in [0.2, 0.25) is 0 Å². The molecule has 7 heteroatoms. The summed E-state index contributed by atoms with van der Waals surface area (Å²) in [5.41, 5.74) is 5.99. The van der Waals surface area contributed by atoms with Crippen LogP contribution in [0.15, 0.2) is 10.2 Å². The lowest BCUT2D eigenvalue weighted by atomic mass is 10.5. The van der Waals surface area contributed by atoms with E-state index in [1.54, 1.807) is 27.7 Å². The highest BCUT2D eigenvalue weighted by molar-refractivity contribution is 5.84. The highest BCUT2D eigenvalue weighted by Crippen LogP contribution is 1.79. The highest BCUT2D eigenvalue weighted by Gasteiger charge is 2.03. The molecule has 2 N–H and O–H groups in total. The number of hydrazone groups is 2. The third-order valence-electron chi connectivity index (χ3n) is 1.27. The van der Waals surface area contributed by atoms with E-state index in [9.17, 15) is 9.59 Å².